The molecule has 1 heterocycles. The highest BCUT2D eigenvalue weighted by atomic mass is 35.5. The van der Waals surface area contributed by atoms with Gasteiger partial charge in [0, 0.05) is 18.3 Å². The summed E-state index contributed by atoms with van der Waals surface area (Å²) in [5, 5.41) is 3.16. The molecule has 0 fully saturated rings. The highest BCUT2D eigenvalue weighted by Crippen LogP contribution is 2.14. The Morgan fingerprint density at radius 3 is 3.00 bits per heavy atom. The normalized spacial score (nSPS) is 12.2. The van der Waals surface area contributed by atoms with Crippen LogP contribution in [-0.4, -0.2) is 17.4 Å². The molecule has 0 spiro atoms. The molecule has 94 valence electrons. The standard InChI is InChI=1S/C12H18ClN3O/c1-9(4-6-14)2-3-12(17)16-10-5-7-15-11(13)8-10/h5,7-9H,2-4,6,14H2,1H3,(H,15,16,17). The third-order valence-corrected chi connectivity index (χ3v) is 2.74. The van der Waals surface area contributed by atoms with Crippen LogP contribution < -0.4 is 11.1 Å². The van der Waals surface area contributed by atoms with Crippen molar-refractivity contribution < 1.29 is 4.79 Å². The third kappa shape index (κ3) is 5.65. The number of hydrogen-bond acceptors (Lipinski definition) is 3. The topological polar surface area (TPSA) is 68.0 Å². The molecule has 0 aliphatic heterocycles. The maximum Gasteiger partial charge on any atom is 0.224 e. The van der Waals surface area contributed by atoms with Crippen molar-refractivity contribution in [2.75, 3.05) is 11.9 Å². The average Bonchev–Trinajstić information content (AvgIpc) is 2.27. The van der Waals surface area contributed by atoms with Gasteiger partial charge in [-0.05, 0) is 37.4 Å². The first-order valence-electron chi connectivity index (χ1n) is 5.73. The van der Waals surface area contributed by atoms with Crippen LogP contribution in [0.3, 0.4) is 0 Å². The number of nitrogens with one attached hydrogen (secondary N) is 1. The van der Waals surface area contributed by atoms with E-state index < -0.39 is 0 Å². The second kappa shape index (κ2) is 7.25. The number of anilines is 1. The predicted molar refractivity (Wildman–Crippen MR) is 69.9 cm³/mol. The van der Waals surface area contributed by atoms with Gasteiger partial charge in [-0.3, -0.25) is 4.79 Å². The van der Waals surface area contributed by atoms with Crippen LogP contribution in [0.25, 0.3) is 0 Å². The minimum absolute atomic E-state index is 0.00358. The van der Waals surface area contributed by atoms with Crippen molar-refractivity contribution in [3.8, 4) is 0 Å². The van der Waals surface area contributed by atoms with Gasteiger partial charge in [0.05, 0.1) is 0 Å². The number of nitrogens with two attached hydrogens (primary N) is 1. The van der Waals surface area contributed by atoms with E-state index in [1.807, 2.05) is 0 Å². The van der Waals surface area contributed by atoms with Crippen molar-refractivity contribution in [1.82, 2.24) is 4.98 Å². The first-order chi connectivity index (χ1) is 8.11. The molecule has 0 bridgehead atoms. The van der Waals surface area contributed by atoms with Gasteiger partial charge in [0.25, 0.3) is 0 Å². The maximum absolute atomic E-state index is 11.6. The molecule has 0 saturated heterocycles. The fourth-order valence-corrected chi connectivity index (χ4v) is 1.68. The lowest BCUT2D eigenvalue weighted by atomic mass is 10.0. The summed E-state index contributed by atoms with van der Waals surface area (Å²) >= 11 is 5.72. The van der Waals surface area contributed by atoms with Crippen molar-refractivity contribution in [3.05, 3.63) is 23.5 Å². The SMILES string of the molecule is CC(CCN)CCC(=O)Nc1ccnc(Cl)c1. The zero-order valence-electron chi connectivity index (χ0n) is 9.95. The first-order valence-corrected chi connectivity index (χ1v) is 6.11. The van der Waals surface area contributed by atoms with Crippen LogP contribution in [0.1, 0.15) is 26.2 Å². The molecule has 5 heteroatoms. The fourth-order valence-electron chi connectivity index (χ4n) is 1.51. The van der Waals surface area contributed by atoms with E-state index in [4.69, 9.17) is 17.3 Å². The van der Waals surface area contributed by atoms with Gasteiger partial charge in [0.1, 0.15) is 5.15 Å². The summed E-state index contributed by atoms with van der Waals surface area (Å²) in [6.45, 7) is 2.77. The summed E-state index contributed by atoms with van der Waals surface area (Å²) < 4.78 is 0. The van der Waals surface area contributed by atoms with E-state index >= 15 is 0 Å². The Balaban J connectivity index is 2.34. The number of halogens is 1. The number of carbonyl (C=O) groups is 1. The van der Waals surface area contributed by atoms with E-state index in [-0.39, 0.29) is 5.91 Å². The van der Waals surface area contributed by atoms with Gasteiger partial charge in [0.2, 0.25) is 5.91 Å². The smallest absolute Gasteiger partial charge is 0.224 e. The summed E-state index contributed by atoms with van der Waals surface area (Å²) in [5.74, 6) is 0.475. The molecule has 0 radical (unpaired) electrons. The molecule has 1 amide bonds. The molecule has 0 saturated carbocycles. The minimum Gasteiger partial charge on any atom is -0.330 e. The van der Waals surface area contributed by atoms with E-state index in [9.17, 15) is 4.79 Å². The van der Waals surface area contributed by atoms with Gasteiger partial charge in [-0.25, -0.2) is 4.98 Å². The van der Waals surface area contributed by atoms with Gasteiger partial charge in [-0.1, -0.05) is 18.5 Å². The third-order valence-electron chi connectivity index (χ3n) is 2.53. The van der Waals surface area contributed by atoms with Crippen molar-refractivity contribution in [1.29, 1.82) is 0 Å². The second-order valence-electron chi connectivity index (χ2n) is 4.14. The molecule has 17 heavy (non-hydrogen) atoms. The number of rotatable bonds is 6. The number of aromatic nitrogens is 1. The minimum atomic E-state index is -0.00358. The number of nitrogens with zero attached hydrogens (tertiary/aromatic N) is 1. The van der Waals surface area contributed by atoms with Gasteiger partial charge in [0.15, 0.2) is 0 Å². The molecule has 4 nitrogen and oxygen atoms in total. The summed E-state index contributed by atoms with van der Waals surface area (Å²) in [6, 6.07) is 3.34. The summed E-state index contributed by atoms with van der Waals surface area (Å²) in [7, 11) is 0. The van der Waals surface area contributed by atoms with Crippen LogP contribution in [0.15, 0.2) is 18.3 Å². The largest absolute Gasteiger partial charge is 0.330 e. The predicted octanol–water partition coefficient (Wildman–Crippen LogP) is 2.44. The van der Waals surface area contributed by atoms with Gasteiger partial charge >= 0.3 is 0 Å². The van der Waals surface area contributed by atoms with E-state index in [0.29, 0.717) is 29.7 Å². The molecule has 1 rings (SSSR count). The summed E-state index contributed by atoms with van der Waals surface area (Å²) in [4.78, 5) is 15.5. The second-order valence-corrected chi connectivity index (χ2v) is 4.52. The van der Waals surface area contributed by atoms with Gasteiger partial charge in [-0.15, -0.1) is 0 Å². The average molecular weight is 256 g/mol. The maximum atomic E-state index is 11.6. The number of pyridine rings is 1. The molecule has 1 unspecified atom stereocenters. The zero-order valence-corrected chi connectivity index (χ0v) is 10.7. The number of carbonyl (C=O) groups excluding carboxylic acids is 1. The summed E-state index contributed by atoms with van der Waals surface area (Å²) in [5.41, 5.74) is 6.14. The van der Waals surface area contributed by atoms with E-state index in [1.165, 1.54) is 0 Å². The monoisotopic (exact) mass is 255 g/mol. The molecule has 0 aliphatic rings. The molecule has 1 aromatic heterocycles. The zero-order chi connectivity index (χ0) is 12.7. The number of amides is 1. The molecule has 0 aromatic carbocycles. The molecular formula is C12H18ClN3O. The van der Waals surface area contributed by atoms with Crippen molar-refractivity contribution >= 4 is 23.2 Å². The highest BCUT2D eigenvalue weighted by Gasteiger charge is 2.06. The Hall–Kier alpha value is -1.13. The molecule has 1 aromatic rings. The quantitative estimate of drug-likeness (QED) is 0.767. The Morgan fingerprint density at radius 1 is 1.59 bits per heavy atom. The van der Waals surface area contributed by atoms with E-state index in [0.717, 1.165) is 12.8 Å². The van der Waals surface area contributed by atoms with E-state index in [1.54, 1.807) is 18.3 Å². The Kier molecular flexibility index (Phi) is 5.94. The van der Waals surface area contributed by atoms with Crippen LogP contribution >= 0.6 is 11.6 Å². The van der Waals surface area contributed by atoms with Crippen molar-refractivity contribution in [3.63, 3.8) is 0 Å². The lowest BCUT2D eigenvalue weighted by Gasteiger charge is -2.09. The van der Waals surface area contributed by atoms with Crippen LogP contribution in [0.4, 0.5) is 5.69 Å². The Labute approximate surface area is 107 Å². The van der Waals surface area contributed by atoms with Crippen molar-refractivity contribution in [2.45, 2.75) is 26.2 Å². The molecule has 1 atom stereocenters. The van der Waals surface area contributed by atoms with Crippen LogP contribution in [0.5, 0.6) is 0 Å². The lowest BCUT2D eigenvalue weighted by Crippen LogP contribution is -2.14. The van der Waals surface area contributed by atoms with Gasteiger partial charge in [-0.2, -0.15) is 0 Å². The van der Waals surface area contributed by atoms with Crippen molar-refractivity contribution in [2.24, 2.45) is 11.7 Å². The molecule has 3 N–H and O–H groups in total. The van der Waals surface area contributed by atoms with E-state index in [2.05, 4.69) is 17.2 Å². The van der Waals surface area contributed by atoms with Crippen LogP contribution in [0.2, 0.25) is 5.15 Å². The lowest BCUT2D eigenvalue weighted by molar-refractivity contribution is -0.116. The molecule has 0 aliphatic carbocycles. The number of hydrogen-bond donors (Lipinski definition) is 2. The van der Waals surface area contributed by atoms with Crippen LogP contribution in [-0.2, 0) is 4.79 Å². The fraction of sp³-hybridized carbons (Fsp3) is 0.500. The molecular weight excluding hydrogens is 238 g/mol. The summed E-state index contributed by atoms with van der Waals surface area (Å²) in [6.07, 6.45) is 3.87. The Bertz CT molecular complexity index is 371. The Morgan fingerprint density at radius 2 is 2.35 bits per heavy atom. The first kappa shape index (κ1) is 13.9. The van der Waals surface area contributed by atoms with Crippen LogP contribution in [0, 0.1) is 5.92 Å². The van der Waals surface area contributed by atoms with Gasteiger partial charge < -0.3 is 11.1 Å². The highest BCUT2D eigenvalue weighted by molar-refractivity contribution is 6.29.